The van der Waals surface area contributed by atoms with Gasteiger partial charge in [0.1, 0.15) is 13.2 Å². The van der Waals surface area contributed by atoms with E-state index in [-0.39, 0.29) is 31.1 Å². The maximum atomic E-state index is 13.0. The minimum Gasteiger partial charge on any atom is -0.462 e. The predicted molar refractivity (Wildman–Crippen MR) is 358 cm³/mol. The van der Waals surface area contributed by atoms with Gasteiger partial charge in [-0.05, 0) is 51.4 Å². The fourth-order valence-corrected chi connectivity index (χ4v) is 11.6. The Morgan fingerprint density at radius 3 is 0.671 bits per heavy atom. The highest BCUT2D eigenvalue weighted by molar-refractivity contribution is 5.71. The lowest BCUT2D eigenvalue weighted by Gasteiger charge is -2.18. The molecule has 6 heteroatoms. The van der Waals surface area contributed by atoms with E-state index in [2.05, 4.69) is 45.1 Å². The summed E-state index contributed by atoms with van der Waals surface area (Å²) in [5.74, 6) is -0.825. The van der Waals surface area contributed by atoms with Crippen molar-refractivity contribution in [2.45, 2.75) is 431 Å². The number of hydrogen-bond donors (Lipinski definition) is 0. The van der Waals surface area contributed by atoms with Crippen molar-refractivity contribution in [1.82, 2.24) is 0 Å². The van der Waals surface area contributed by atoms with Crippen molar-refractivity contribution in [3.8, 4) is 0 Å². The highest BCUT2D eigenvalue weighted by Crippen LogP contribution is 2.19. The number of rotatable bonds is 70. The van der Waals surface area contributed by atoms with Gasteiger partial charge in [0.05, 0.1) is 0 Å². The molecular weight excluding hydrogens is 1010 g/mol. The van der Waals surface area contributed by atoms with Crippen molar-refractivity contribution in [1.29, 1.82) is 0 Å². The third kappa shape index (κ3) is 68.7. The zero-order chi connectivity index (χ0) is 59.2. The van der Waals surface area contributed by atoms with Crippen LogP contribution in [0.15, 0.2) is 24.3 Å². The number of carbonyl (C=O) groups excluding carboxylic acids is 3. The Morgan fingerprint density at radius 1 is 0.244 bits per heavy atom. The highest BCUT2D eigenvalue weighted by atomic mass is 16.6. The zero-order valence-electron chi connectivity index (χ0n) is 55.8. The Bertz CT molecular complexity index is 1320. The molecule has 0 saturated carbocycles. The molecule has 484 valence electrons. The molecule has 0 amide bonds. The van der Waals surface area contributed by atoms with Crippen LogP contribution in [0.3, 0.4) is 0 Å². The molecule has 1 unspecified atom stereocenters. The summed E-state index contributed by atoms with van der Waals surface area (Å²) >= 11 is 0. The summed E-state index contributed by atoms with van der Waals surface area (Å²) in [5, 5.41) is 0. The lowest BCUT2D eigenvalue weighted by Crippen LogP contribution is -2.30. The van der Waals surface area contributed by atoms with E-state index >= 15 is 0 Å². The number of carbonyl (C=O) groups is 3. The fourth-order valence-electron chi connectivity index (χ4n) is 11.6. The van der Waals surface area contributed by atoms with Crippen molar-refractivity contribution in [3.05, 3.63) is 24.3 Å². The molecule has 0 spiro atoms. The normalized spacial score (nSPS) is 12.1. The first-order chi connectivity index (χ1) is 40.5. The largest absolute Gasteiger partial charge is 0.462 e. The monoisotopic (exact) mass is 1150 g/mol. The van der Waals surface area contributed by atoms with Gasteiger partial charge in [0.2, 0.25) is 0 Å². The van der Waals surface area contributed by atoms with Crippen LogP contribution in [0.1, 0.15) is 425 Å². The third-order valence-corrected chi connectivity index (χ3v) is 17.2. The second-order valence-electron chi connectivity index (χ2n) is 25.6. The number of esters is 3. The fraction of sp³-hybridized carbons (Fsp3) is 0.908. The highest BCUT2D eigenvalue weighted by Gasteiger charge is 2.20. The van der Waals surface area contributed by atoms with Gasteiger partial charge in [-0.1, -0.05) is 379 Å². The summed E-state index contributed by atoms with van der Waals surface area (Å²) in [6.07, 6.45) is 87.9. The van der Waals surface area contributed by atoms with E-state index in [1.165, 1.54) is 321 Å². The molecule has 0 fully saturated rings. The molecule has 6 nitrogen and oxygen atoms in total. The van der Waals surface area contributed by atoms with Crippen molar-refractivity contribution in [2.24, 2.45) is 0 Å². The first-order valence-corrected chi connectivity index (χ1v) is 37.3. The van der Waals surface area contributed by atoms with Gasteiger partial charge in [-0.2, -0.15) is 0 Å². The molecule has 0 rings (SSSR count). The van der Waals surface area contributed by atoms with Crippen LogP contribution in [-0.4, -0.2) is 37.2 Å². The molecule has 0 aromatic rings. The van der Waals surface area contributed by atoms with E-state index < -0.39 is 6.10 Å². The van der Waals surface area contributed by atoms with Crippen LogP contribution in [-0.2, 0) is 28.6 Å². The van der Waals surface area contributed by atoms with E-state index in [9.17, 15) is 14.4 Å². The molecule has 0 saturated heterocycles. The topological polar surface area (TPSA) is 78.9 Å². The van der Waals surface area contributed by atoms with Crippen LogP contribution in [0.5, 0.6) is 0 Å². The van der Waals surface area contributed by atoms with E-state index in [1.54, 1.807) is 0 Å². The lowest BCUT2D eigenvalue weighted by atomic mass is 10.0. The first-order valence-electron chi connectivity index (χ1n) is 37.3. The SMILES string of the molecule is CCCCCCC/C=C\C/C=C\CCCCCCCCCCCCCCCCCC(=O)OCC(COC(=O)CCCCCCCCCCCCCCCCC)OC(=O)CCCCCCCCCCCCCCCCCCCCCCCC. The summed E-state index contributed by atoms with van der Waals surface area (Å²) in [6, 6.07) is 0. The lowest BCUT2D eigenvalue weighted by molar-refractivity contribution is -0.167. The van der Waals surface area contributed by atoms with Crippen molar-refractivity contribution < 1.29 is 28.6 Å². The standard InChI is InChI=1S/C76H144O6/c1-4-7-10-13-16-19-22-25-28-30-32-34-36-37-38-39-40-42-43-45-48-51-54-57-60-63-66-69-75(78)81-72-73(71-80-74(77)68-65-62-59-56-53-50-47-27-24-21-18-15-12-9-6-3)82-76(79)70-67-64-61-58-55-52-49-46-44-41-35-33-31-29-26-23-20-17-14-11-8-5-2/h22,25,30,32,73H,4-21,23-24,26-29,31,33-72H2,1-3H3/b25-22-,32-30-. The van der Waals surface area contributed by atoms with Crippen LogP contribution in [0.4, 0.5) is 0 Å². The Balaban J connectivity index is 4.22. The maximum Gasteiger partial charge on any atom is 0.306 e. The molecule has 0 aliphatic heterocycles. The van der Waals surface area contributed by atoms with Gasteiger partial charge in [-0.3, -0.25) is 14.4 Å². The summed E-state index contributed by atoms with van der Waals surface area (Å²) < 4.78 is 17.0. The first kappa shape index (κ1) is 79.9. The van der Waals surface area contributed by atoms with Crippen LogP contribution >= 0.6 is 0 Å². The molecule has 0 aliphatic rings. The van der Waals surface area contributed by atoms with Crippen LogP contribution in [0, 0.1) is 0 Å². The van der Waals surface area contributed by atoms with Crippen LogP contribution in [0.2, 0.25) is 0 Å². The minimum atomic E-state index is -0.767. The molecule has 82 heavy (non-hydrogen) atoms. The molecule has 0 N–H and O–H groups in total. The number of ether oxygens (including phenoxy) is 3. The van der Waals surface area contributed by atoms with Crippen molar-refractivity contribution >= 4 is 17.9 Å². The number of unbranched alkanes of at least 4 members (excludes halogenated alkanes) is 55. The van der Waals surface area contributed by atoms with Gasteiger partial charge < -0.3 is 14.2 Å². The quantitative estimate of drug-likeness (QED) is 0.0261. The van der Waals surface area contributed by atoms with Gasteiger partial charge in [0.25, 0.3) is 0 Å². The smallest absolute Gasteiger partial charge is 0.306 e. The average Bonchev–Trinajstić information content (AvgIpc) is 3.47. The summed E-state index contributed by atoms with van der Waals surface area (Å²) in [7, 11) is 0. The minimum absolute atomic E-state index is 0.0632. The van der Waals surface area contributed by atoms with Crippen LogP contribution in [0.25, 0.3) is 0 Å². The summed E-state index contributed by atoms with van der Waals surface area (Å²) in [5.41, 5.74) is 0. The molecule has 0 aromatic heterocycles. The Morgan fingerprint density at radius 2 is 0.439 bits per heavy atom. The van der Waals surface area contributed by atoms with Crippen molar-refractivity contribution in [3.63, 3.8) is 0 Å². The summed E-state index contributed by atoms with van der Waals surface area (Å²) in [4.78, 5) is 38.5. The number of allylic oxidation sites excluding steroid dienone is 4. The van der Waals surface area contributed by atoms with Gasteiger partial charge in [-0.15, -0.1) is 0 Å². The molecule has 0 bridgehead atoms. The molecule has 0 heterocycles. The van der Waals surface area contributed by atoms with Gasteiger partial charge in [0, 0.05) is 19.3 Å². The zero-order valence-corrected chi connectivity index (χ0v) is 55.8. The molecular formula is C76H144O6. The van der Waals surface area contributed by atoms with Crippen molar-refractivity contribution in [2.75, 3.05) is 13.2 Å². The predicted octanol–water partition coefficient (Wildman–Crippen LogP) is 25.7. The number of hydrogen-bond acceptors (Lipinski definition) is 6. The van der Waals surface area contributed by atoms with Gasteiger partial charge >= 0.3 is 17.9 Å². The van der Waals surface area contributed by atoms with Crippen LogP contribution < -0.4 is 0 Å². The van der Waals surface area contributed by atoms with E-state index in [0.717, 1.165) is 64.2 Å². The maximum absolute atomic E-state index is 13.0. The molecule has 0 aromatic carbocycles. The van der Waals surface area contributed by atoms with Gasteiger partial charge in [-0.25, -0.2) is 0 Å². The Hall–Kier alpha value is -2.11. The second kappa shape index (κ2) is 71.4. The second-order valence-corrected chi connectivity index (χ2v) is 25.6. The van der Waals surface area contributed by atoms with Gasteiger partial charge in [0.15, 0.2) is 6.10 Å². The summed E-state index contributed by atoms with van der Waals surface area (Å²) in [6.45, 7) is 6.73. The third-order valence-electron chi connectivity index (χ3n) is 17.2. The molecule has 1 atom stereocenters. The van der Waals surface area contributed by atoms with E-state index in [4.69, 9.17) is 14.2 Å². The Labute approximate surface area is 513 Å². The molecule has 0 aliphatic carbocycles. The Kier molecular flexibility index (Phi) is 69.5. The molecule has 0 radical (unpaired) electrons. The average molecular weight is 1150 g/mol. The van der Waals surface area contributed by atoms with E-state index in [0.29, 0.717) is 19.3 Å². The van der Waals surface area contributed by atoms with E-state index in [1.807, 2.05) is 0 Å².